The van der Waals surface area contributed by atoms with Gasteiger partial charge in [0, 0.05) is 19.4 Å². The number of hydrogen-bond donors (Lipinski definition) is 1. The molecule has 0 bridgehead atoms. The van der Waals surface area contributed by atoms with Crippen LogP contribution in [0.1, 0.15) is 28.9 Å². The first-order valence-electron chi connectivity index (χ1n) is 5.91. The highest BCUT2D eigenvalue weighted by molar-refractivity contribution is 5.43. The van der Waals surface area contributed by atoms with Crippen LogP contribution in [-0.4, -0.2) is 14.7 Å². The Morgan fingerprint density at radius 2 is 2.24 bits per heavy atom. The Labute approximate surface area is 101 Å². The van der Waals surface area contributed by atoms with Crippen molar-refractivity contribution in [3.63, 3.8) is 0 Å². The van der Waals surface area contributed by atoms with Gasteiger partial charge in [0.2, 0.25) is 0 Å². The van der Waals surface area contributed by atoms with Crippen LogP contribution in [0.3, 0.4) is 0 Å². The first-order valence-corrected chi connectivity index (χ1v) is 5.91. The number of imidazole rings is 1. The first-order chi connectivity index (χ1) is 8.11. The van der Waals surface area contributed by atoms with E-state index < -0.39 is 5.60 Å². The second kappa shape index (κ2) is 3.44. The molecule has 1 unspecified atom stereocenters. The van der Waals surface area contributed by atoms with E-state index >= 15 is 0 Å². The molecule has 1 aliphatic carbocycles. The number of rotatable bonds is 1. The second-order valence-electron chi connectivity index (χ2n) is 4.88. The molecule has 1 atom stereocenters. The second-order valence-corrected chi connectivity index (χ2v) is 4.88. The molecule has 1 aliphatic rings. The van der Waals surface area contributed by atoms with Gasteiger partial charge in [-0.15, -0.1) is 0 Å². The van der Waals surface area contributed by atoms with E-state index in [1.165, 1.54) is 11.1 Å². The van der Waals surface area contributed by atoms with Crippen LogP contribution in [0.25, 0.3) is 0 Å². The number of aryl methyl sites for hydroxylation is 3. The number of aliphatic hydroxyl groups is 1. The maximum Gasteiger partial charge on any atom is 0.148 e. The molecule has 3 heteroatoms. The number of nitrogens with zero attached hydrogens (tertiary/aromatic N) is 2. The Balaban J connectivity index is 2.20. The van der Waals surface area contributed by atoms with Gasteiger partial charge >= 0.3 is 0 Å². The van der Waals surface area contributed by atoms with Crippen LogP contribution in [0.15, 0.2) is 30.6 Å². The summed E-state index contributed by atoms with van der Waals surface area (Å²) in [5.74, 6) is 0.738. The molecule has 2 aromatic rings. The lowest BCUT2D eigenvalue weighted by Crippen LogP contribution is -2.27. The molecule has 3 nitrogen and oxygen atoms in total. The minimum Gasteiger partial charge on any atom is -0.377 e. The Bertz CT molecular complexity index is 573. The molecule has 3 rings (SSSR count). The Kier molecular flexibility index (Phi) is 2.13. The fourth-order valence-corrected chi connectivity index (χ4v) is 2.74. The third-order valence-electron chi connectivity index (χ3n) is 3.66. The van der Waals surface area contributed by atoms with Gasteiger partial charge in [0.1, 0.15) is 11.4 Å². The van der Waals surface area contributed by atoms with Crippen molar-refractivity contribution in [3.8, 4) is 0 Å². The van der Waals surface area contributed by atoms with Crippen molar-refractivity contribution in [2.24, 2.45) is 7.05 Å². The number of hydrogen-bond acceptors (Lipinski definition) is 2. The summed E-state index contributed by atoms with van der Waals surface area (Å²) in [5, 5.41) is 10.9. The van der Waals surface area contributed by atoms with Crippen molar-refractivity contribution >= 4 is 0 Å². The zero-order valence-electron chi connectivity index (χ0n) is 10.1. The average Bonchev–Trinajstić information content (AvgIpc) is 2.85. The fraction of sp³-hybridized carbons (Fsp3) is 0.357. The first kappa shape index (κ1) is 10.5. The van der Waals surface area contributed by atoms with Gasteiger partial charge in [-0.3, -0.25) is 0 Å². The van der Waals surface area contributed by atoms with Gasteiger partial charge in [-0.2, -0.15) is 0 Å². The van der Waals surface area contributed by atoms with E-state index in [2.05, 4.69) is 30.1 Å². The third-order valence-corrected chi connectivity index (χ3v) is 3.66. The van der Waals surface area contributed by atoms with Crippen molar-refractivity contribution in [2.75, 3.05) is 0 Å². The zero-order chi connectivity index (χ0) is 12.0. The lowest BCUT2D eigenvalue weighted by atomic mass is 9.94. The highest BCUT2D eigenvalue weighted by Gasteiger charge is 2.41. The minimum atomic E-state index is -0.917. The molecule has 17 heavy (non-hydrogen) atoms. The summed E-state index contributed by atoms with van der Waals surface area (Å²) in [6, 6.07) is 6.30. The van der Waals surface area contributed by atoms with Gasteiger partial charge in [-0.05, 0) is 30.9 Å². The van der Waals surface area contributed by atoms with Crippen LogP contribution in [-0.2, 0) is 19.1 Å². The summed E-state index contributed by atoms with van der Waals surface area (Å²) < 4.78 is 1.90. The molecule has 0 amide bonds. The normalized spacial score (nSPS) is 22.8. The molecule has 1 heterocycles. The van der Waals surface area contributed by atoms with Crippen LogP contribution in [0.5, 0.6) is 0 Å². The summed E-state index contributed by atoms with van der Waals surface area (Å²) in [6.45, 7) is 2.05. The number of benzene rings is 1. The van der Waals surface area contributed by atoms with E-state index in [1.807, 2.05) is 17.8 Å². The van der Waals surface area contributed by atoms with Crippen LogP contribution in [0, 0.1) is 6.92 Å². The van der Waals surface area contributed by atoms with Crippen molar-refractivity contribution in [3.05, 3.63) is 53.1 Å². The Morgan fingerprint density at radius 3 is 2.94 bits per heavy atom. The molecular formula is C14H16N2O. The van der Waals surface area contributed by atoms with E-state index in [9.17, 15) is 5.11 Å². The quantitative estimate of drug-likeness (QED) is 0.809. The molecule has 1 N–H and O–H groups in total. The SMILES string of the molecule is Cc1ccc2c(c1)C(O)(c1nccn1C)CC2. The van der Waals surface area contributed by atoms with Crippen molar-refractivity contribution in [2.45, 2.75) is 25.4 Å². The smallest absolute Gasteiger partial charge is 0.148 e. The van der Waals surface area contributed by atoms with Gasteiger partial charge in [-0.25, -0.2) is 4.98 Å². The molecule has 0 aliphatic heterocycles. The van der Waals surface area contributed by atoms with E-state index in [4.69, 9.17) is 0 Å². The van der Waals surface area contributed by atoms with Crippen LogP contribution < -0.4 is 0 Å². The third kappa shape index (κ3) is 1.42. The average molecular weight is 228 g/mol. The standard InChI is InChI=1S/C14H16N2O/c1-10-3-4-11-5-6-14(17,12(11)9-10)13-15-7-8-16(13)2/h3-4,7-9,17H,5-6H2,1-2H3. The Morgan fingerprint density at radius 1 is 1.41 bits per heavy atom. The van der Waals surface area contributed by atoms with Crippen molar-refractivity contribution < 1.29 is 5.11 Å². The van der Waals surface area contributed by atoms with Crippen LogP contribution in [0.4, 0.5) is 0 Å². The maximum atomic E-state index is 10.9. The molecule has 0 saturated heterocycles. The van der Waals surface area contributed by atoms with Crippen molar-refractivity contribution in [1.29, 1.82) is 0 Å². The predicted octanol–water partition coefficient (Wildman–Crippen LogP) is 1.91. The van der Waals surface area contributed by atoms with Crippen LogP contribution in [0.2, 0.25) is 0 Å². The summed E-state index contributed by atoms with van der Waals surface area (Å²) in [7, 11) is 1.92. The highest BCUT2D eigenvalue weighted by atomic mass is 16.3. The van der Waals surface area contributed by atoms with Gasteiger partial charge in [0.05, 0.1) is 0 Å². The van der Waals surface area contributed by atoms with Crippen molar-refractivity contribution in [1.82, 2.24) is 9.55 Å². The van der Waals surface area contributed by atoms with Gasteiger partial charge in [0.15, 0.2) is 0 Å². The topological polar surface area (TPSA) is 38.1 Å². The molecule has 1 aromatic heterocycles. The zero-order valence-corrected chi connectivity index (χ0v) is 10.1. The molecular weight excluding hydrogens is 212 g/mol. The van der Waals surface area contributed by atoms with Gasteiger partial charge in [0.25, 0.3) is 0 Å². The van der Waals surface area contributed by atoms with E-state index in [0.717, 1.165) is 24.2 Å². The molecule has 1 aromatic carbocycles. The van der Waals surface area contributed by atoms with Gasteiger partial charge in [-0.1, -0.05) is 23.8 Å². The van der Waals surface area contributed by atoms with Crippen LogP contribution >= 0.6 is 0 Å². The molecule has 0 radical (unpaired) electrons. The van der Waals surface area contributed by atoms with Gasteiger partial charge < -0.3 is 9.67 Å². The molecule has 0 spiro atoms. The largest absolute Gasteiger partial charge is 0.377 e. The summed E-state index contributed by atoms with van der Waals surface area (Å²) in [6.07, 6.45) is 5.25. The lowest BCUT2D eigenvalue weighted by molar-refractivity contribution is 0.0703. The van der Waals surface area contributed by atoms with E-state index in [1.54, 1.807) is 6.20 Å². The number of fused-ring (bicyclic) bond motifs is 1. The maximum absolute atomic E-state index is 10.9. The fourth-order valence-electron chi connectivity index (χ4n) is 2.74. The van der Waals surface area contributed by atoms with E-state index in [-0.39, 0.29) is 0 Å². The minimum absolute atomic E-state index is 0.719. The molecule has 0 saturated carbocycles. The monoisotopic (exact) mass is 228 g/mol. The molecule has 88 valence electrons. The summed E-state index contributed by atoms with van der Waals surface area (Å²) in [5.41, 5.74) is 2.52. The Hall–Kier alpha value is -1.61. The highest BCUT2D eigenvalue weighted by Crippen LogP contribution is 2.41. The molecule has 0 fully saturated rings. The number of aromatic nitrogens is 2. The summed E-state index contributed by atoms with van der Waals surface area (Å²) >= 11 is 0. The van der Waals surface area contributed by atoms with E-state index in [0.29, 0.717) is 0 Å². The predicted molar refractivity (Wildman–Crippen MR) is 65.7 cm³/mol. The summed E-state index contributed by atoms with van der Waals surface area (Å²) in [4.78, 5) is 4.31. The lowest BCUT2D eigenvalue weighted by Gasteiger charge is -2.23.